The van der Waals surface area contributed by atoms with E-state index in [-0.39, 0.29) is 18.3 Å². The highest BCUT2D eigenvalue weighted by molar-refractivity contribution is 7.99. The Hall–Kier alpha value is -1.57. The fraction of sp³-hybridized carbons (Fsp3) is 0.500. The summed E-state index contributed by atoms with van der Waals surface area (Å²) in [4.78, 5) is 18.2. The quantitative estimate of drug-likeness (QED) is 0.758. The number of thioether (sulfide) groups is 1. The highest BCUT2D eigenvalue weighted by Gasteiger charge is 2.21. The monoisotopic (exact) mass is 395 g/mol. The molecule has 0 atom stereocenters. The van der Waals surface area contributed by atoms with Crippen LogP contribution in [0.4, 0.5) is 5.95 Å². The number of nitrogens with one attached hydrogen (secondary N) is 2. The van der Waals surface area contributed by atoms with Gasteiger partial charge in [0.05, 0.1) is 0 Å². The van der Waals surface area contributed by atoms with Crippen LogP contribution in [0.25, 0.3) is 0 Å². The third-order valence-corrected chi connectivity index (χ3v) is 5.21. The standard InChI is InChI=1S/C18H25N5OS.ClH/c1-12(2)25-15-6-4-14(5-7-15)17(24)21-18-20-16(22-23(18)3)13-8-10-19-11-9-13;/h4-7,12-13,19H,8-11H2,1-3H3,(H,20,21,22,24);1H. The van der Waals surface area contributed by atoms with Gasteiger partial charge < -0.3 is 5.32 Å². The van der Waals surface area contributed by atoms with Crippen molar-refractivity contribution in [1.82, 2.24) is 20.1 Å². The molecular formula is C18H26ClN5OS. The molecule has 6 nitrogen and oxygen atoms in total. The van der Waals surface area contributed by atoms with Gasteiger partial charge in [0.15, 0.2) is 5.82 Å². The van der Waals surface area contributed by atoms with Gasteiger partial charge in [-0.3, -0.25) is 10.1 Å². The second-order valence-corrected chi connectivity index (χ2v) is 8.24. The number of amides is 1. The van der Waals surface area contributed by atoms with Crippen LogP contribution in [0, 0.1) is 0 Å². The molecule has 0 spiro atoms. The summed E-state index contributed by atoms with van der Waals surface area (Å²) in [5.41, 5.74) is 0.625. The molecule has 0 radical (unpaired) electrons. The summed E-state index contributed by atoms with van der Waals surface area (Å²) in [6.45, 7) is 6.29. The topological polar surface area (TPSA) is 71.8 Å². The summed E-state index contributed by atoms with van der Waals surface area (Å²) in [7, 11) is 1.82. The summed E-state index contributed by atoms with van der Waals surface area (Å²) in [5.74, 6) is 1.53. The van der Waals surface area contributed by atoms with Crippen LogP contribution in [-0.2, 0) is 7.05 Å². The molecule has 2 aromatic rings. The Labute approximate surface area is 164 Å². The van der Waals surface area contributed by atoms with Gasteiger partial charge in [-0.15, -0.1) is 24.2 Å². The summed E-state index contributed by atoms with van der Waals surface area (Å²) in [6, 6.07) is 7.67. The molecule has 2 N–H and O–H groups in total. The largest absolute Gasteiger partial charge is 0.317 e. The van der Waals surface area contributed by atoms with E-state index >= 15 is 0 Å². The lowest BCUT2D eigenvalue weighted by Crippen LogP contribution is -2.27. The molecular weight excluding hydrogens is 370 g/mol. The lowest BCUT2D eigenvalue weighted by atomic mass is 9.98. The lowest BCUT2D eigenvalue weighted by Gasteiger charge is -2.19. The van der Waals surface area contributed by atoms with E-state index < -0.39 is 0 Å². The maximum Gasteiger partial charge on any atom is 0.258 e. The fourth-order valence-electron chi connectivity index (χ4n) is 2.90. The van der Waals surface area contributed by atoms with Crippen molar-refractivity contribution in [2.75, 3.05) is 18.4 Å². The second-order valence-electron chi connectivity index (χ2n) is 6.59. The molecule has 1 aliphatic heterocycles. The van der Waals surface area contributed by atoms with E-state index in [0.717, 1.165) is 31.8 Å². The van der Waals surface area contributed by atoms with Gasteiger partial charge in [0, 0.05) is 28.7 Å². The Balaban J connectivity index is 0.00000243. The Kier molecular flexibility index (Phi) is 7.49. The van der Waals surface area contributed by atoms with Crippen molar-refractivity contribution in [1.29, 1.82) is 0 Å². The minimum atomic E-state index is -0.159. The zero-order valence-electron chi connectivity index (χ0n) is 15.4. The molecule has 0 saturated carbocycles. The Morgan fingerprint density at radius 2 is 1.92 bits per heavy atom. The first-order valence-corrected chi connectivity index (χ1v) is 9.60. The number of piperidine rings is 1. The first kappa shape index (κ1) is 20.7. The maximum atomic E-state index is 12.5. The van der Waals surface area contributed by atoms with E-state index in [2.05, 4.69) is 34.6 Å². The van der Waals surface area contributed by atoms with Crippen LogP contribution in [-0.4, -0.2) is 39.0 Å². The van der Waals surface area contributed by atoms with Gasteiger partial charge in [-0.05, 0) is 50.2 Å². The van der Waals surface area contributed by atoms with Gasteiger partial charge in [0.25, 0.3) is 5.91 Å². The number of carbonyl (C=O) groups is 1. The smallest absolute Gasteiger partial charge is 0.258 e. The minimum absolute atomic E-state index is 0. The van der Waals surface area contributed by atoms with Gasteiger partial charge in [-0.1, -0.05) is 13.8 Å². The Bertz CT molecular complexity index is 726. The summed E-state index contributed by atoms with van der Waals surface area (Å²) in [5, 5.41) is 11.2. The molecule has 142 valence electrons. The van der Waals surface area contributed by atoms with Crippen molar-refractivity contribution in [3.8, 4) is 0 Å². The summed E-state index contributed by atoms with van der Waals surface area (Å²) < 4.78 is 1.65. The van der Waals surface area contributed by atoms with Gasteiger partial charge in [-0.25, -0.2) is 4.68 Å². The zero-order valence-corrected chi connectivity index (χ0v) is 17.0. The van der Waals surface area contributed by atoms with Crippen molar-refractivity contribution in [3.05, 3.63) is 35.7 Å². The van der Waals surface area contributed by atoms with Gasteiger partial charge in [-0.2, -0.15) is 10.1 Å². The minimum Gasteiger partial charge on any atom is -0.317 e. The predicted octanol–water partition coefficient (Wildman–Crippen LogP) is 3.46. The second kappa shape index (κ2) is 9.39. The predicted molar refractivity (Wildman–Crippen MR) is 108 cm³/mol. The van der Waals surface area contributed by atoms with Crippen molar-refractivity contribution < 1.29 is 4.79 Å². The van der Waals surface area contributed by atoms with E-state index in [1.165, 1.54) is 4.90 Å². The van der Waals surface area contributed by atoms with Crippen molar-refractivity contribution in [2.24, 2.45) is 7.05 Å². The fourth-order valence-corrected chi connectivity index (χ4v) is 3.73. The zero-order chi connectivity index (χ0) is 17.8. The van der Waals surface area contributed by atoms with Crippen molar-refractivity contribution in [2.45, 2.75) is 42.8 Å². The Morgan fingerprint density at radius 1 is 1.27 bits per heavy atom. The van der Waals surface area contributed by atoms with Crippen LogP contribution in [0.5, 0.6) is 0 Å². The highest BCUT2D eigenvalue weighted by Crippen LogP contribution is 2.24. The maximum absolute atomic E-state index is 12.5. The van der Waals surface area contributed by atoms with E-state index in [1.807, 2.05) is 31.3 Å². The average Bonchev–Trinajstić information content (AvgIpc) is 2.96. The molecule has 0 bridgehead atoms. The van der Waals surface area contributed by atoms with E-state index in [4.69, 9.17) is 0 Å². The highest BCUT2D eigenvalue weighted by atomic mass is 35.5. The van der Waals surface area contributed by atoms with Crippen LogP contribution in [0.2, 0.25) is 0 Å². The average molecular weight is 396 g/mol. The molecule has 1 aromatic heterocycles. The first-order chi connectivity index (χ1) is 12.0. The normalized spacial score (nSPS) is 14.9. The molecule has 3 rings (SSSR count). The third-order valence-electron chi connectivity index (χ3n) is 4.20. The van der Waals surface area contributed by atoms with Crippen LogP contribution in [0.3, 0.4) is 0 Å². The number of nitrogens with zero attached hydrogens (tertiary/aromatic N) is 3. The number of aromatic nitrogens is 3. The number of aryl methyl sites for hydroxylation is 1. The molecule has 2 heterocycles. The molecule has 0 aliphatic carbocycles. The number of hydrogen-bond donors (Lipinski definition) is 2. The van der Waals surface area contributed by atoms with Crippen molar-refractivity contribution in [3.63, 3.8) is 0 Å². The number of carbonyl (C=O) groups excluding carboxylic acids is 1. The summed E-state index contributed by atoms with van der Waals surface area (Å²) >= 11 is 1.78. The number of halogens is 1. The molecule has 26 heavy (non-hydrogen) atoms. The molecule has 1 saturated heterocycles. The molecule has 1 amide bonds. The molecule has 1 aromatic carbocycles. The van der Waals surface area contributed by atoms with E-state index in [9.17, 15) is 4.79 Å². The third kappa shape index (κ3) is 5.22. The molecule has 8 heteroatoms. The molecule has 1 fully saturated rings. The number of benzene rings is 1. The van der Waals surface area contributed by atoms with Crippen LogP contribution < -0.4 is 10.6 Å². The van der Waals surface area contributed by atoms with Crippen molar-refractivity contribution >= 4 is 36.0 Å². The first-order valence-electron chi connectivity index (χ1n) is 8.72. The number of hydrogen-bond acceptors (Lipinski definition) is 5. The van der Waals surface area contributed by atoms with Crippen LogP contribution >= 0.6 is 24.2 Å². The van der Waals surface area contributed by atoms with Gasteiger partial charge in [0.2, 0.25) is 5.95 Å². The molecule has 0 unspecified atom stereocenters. The number of anilines is 1. The van der Waals surface area contributed by atoms with E-state index in [1.54, 1.807) is 16.4 Å². The molecule has 1 aliphatic rings. The number of rotatable bonds is 5. The van der Waals surface area contributed by atoms with Crippen LogP contribution in [0.15, 0.2) is 29.2 Å². The van der Waals surface area contributed by atoms with E-state index in [0.29, 0.717) is 22.7 Å². The van der Waals surface area contributed by atoms with Crippen LogP contribution in [0.1, 0.15) is 48.8 Å². The lowest BCUT2D eigenvalue weighted by molar-refractivity contribution is 0.102. The Morgan fingerprint density at radius 3 is 2.54 bits per heavy atom. The SMILES string of the molecule is CC(C)Sc1ccc(C(=O)Nc2nc(C3CCNCC3)nn2C)cc1.Cl. The van der Waals surface area contributed by atoms with Gasteiger partial charge >= 0.3 is 0 Å². The van der Waals surface area contributed by atoms with Gasteiger partial charge in [0.1, 0.15) is 0 Å². The summed E-state index contributed by atoms with van der Waals surface area (Å²) in [6.07, 6.45) is 2.07.